The summed E-state index contributed by atoms with van der Waals surface area (Å²) in [4.78, 5) is 12.5. The first-order valence-electron chi connectivity index (χ1n) is 6.90. The van der Waals surface area contributed by atoms with E-state index in [2.05, 4.69) is 15.5 Å². The summed E-state index contributed by atoms with van der Waals surface area (Å²) in [6.45, 7) is -0.161. The average Bonchev–Trinajstić information content (AvgIpc) is 3.00. The number of carbonyl (C=O) groups excluding carboxylic acids is 1. The molecule has 2 aromatic rings. The lowest BCUT2D eigenvalue weighted by molar-refractivity contribution is -0.122. The Morgan fingerprint density at radius 2 is 2.24 bits per heavy atom. The quantitative estimate of drug-likeness (QED) is 0.596. The first kappa shape index (κ1) is 18.2. The Balaban J connectivity index is 1.86. The number of amides is 1. The second-order valence-corrected chi connectivity index (χ2v) is 9.45. The fourth-order valence-corrected chi connectivity index (χ4v) is 4.45. The minimum Gasteiger partial charge on any atom is -0.476 e. The third-order valence-electron chi connectivity index (χ3n) is 3.29. The Bertz CT molecular complexity index is 918. The van der Waals surface area contributed by atoms with Crippen molar-refractivity contribution in [3.05, 3.63) is 23.2 Å². The third kappa shape index (κ3) is 4.00. The molecule has 1 aromatic carbocycles. The van der Waals surface area contributed by atoms with E-state index < -0.39 is 22.0 Å². The monoisotopic (exact) mass is 420 g/mol. The topological polar surface area (TPSA) is 101 Å². The van der Waals surface area contributed by atoms with Crippen molar-refractivity contribution >= 4 is 61.4 Å². The van der Waals surface area contributed by atoms with Crippen molar-refractivity contribution in [2.24, 2.45) is 0 Å². The highest BCUT2D eigenvalue weighted by molar-refractivity contribution is 8.00. The summed E-state index contributed by atoms with van der Waals surface area (Å²) in [6, 6.07) is 4.59. The van der Waals surface area contributed by atoms with Gasteiger partial charge in [-0.1, -0.05) is 34.7 Å². The van der Waals surface area contributed by atoms with Gasteiger partial charge >= 0.3 is 0 Å². The number of sulfonamides is 1. The predicted octanol–water partition coefficient (Wildman–Crippen LogP) is 2.08. The molecule has 3 rings (SSSR count). The molecule has 25 heavy (non-hydrogen) atoms. The lowest BCUT2D eigenvalue weighted by atomic mass is 10.2. The van der Waals surface area contributed by atoms with E-state index in [-0.39, 0.29) is 12.3 Å². The van der Waals surface area contributed by atoms with Crippen molar-refractivity contribution in [2.75, 3.05) is 28.7 Å². The van der Waals surface area contributed by atoms with Crippen molar-refractivity contribution < 1.29 is 17.9 Å². The fourth-order valence-electron chi connectivity index (χ4n) is 2.20. The van der Waals surface area contributed by atoms with Gasteiger partial charge in [-0.25, -0.2) is 8.42 Å². The summed E-state index contributed by atoms with van der Waals surface area (Å²) in [5.74, 6) is -0.235. The largest absolute Gasteiger partial charge is 0.476 e. The van der Waals surface area contributed by atoms with E-state index in [1.165, 1.54) is 35.2 Å². The molecule has 0 radical (unpaired) electrons. The number of thioether (sulfide) groups is 1. The van der Waals surface area contributed by atoms with Crippen LogP contribution in [0.5, 0.6) is 5.75 Å². The number of aromatic nitrogens is 2. The number of halogens is 1. The van der Waals surface area contributed by atoms with Crippen LogP contribution in [0, 0.1) is 0 Å². The molecule has 2 heterocycles. The molecule has 0 saturated heterocycles. The second kappa shape index (κ2) is 6.98. The van der Waals surface area contributed by atoms with Gasteiger partial charge in [0.2, 0.25) is 15.2 Å². The molecule has 0 spiro atoms. The summed E-state index contributed by atoms with van der Waals surface area (Å²) in [6.07, 6.45) is 1.89. The van der Waals surface area contributed by atoms with Crippen LogP contribution in [0.2, 0.25) is 5.02 Å². The van der Waals surface area contributed by atoms with Gasteiger partial charge in [-0.05, 0) is 24.5 Å². The molecule has 1 amide bonds. The number of rotatable bonds is 4. The summed E-state index contributed by atoms with van der Waals surface area (Å²) in [5.41, 5.74) is 0.305. The van der Waals surface area contributed by atoms with Crippen molar-refractivity contribution in [3.63, 3.8) is 0 Å². The van der Waals surface area contributed by atoms with Crippen LogP contribution in [0.25, 0.3) is 0 Å². The van der Waals surface area contributed by atoms with E-state index in [0.29, 0.717) is 20.2 Å². The number of hydrogen-bond donors (Lipinski definition) is 1. The first-order valence-corrected chi connectivity index (χ1v) is 11.2. The molecule has 0 bridgehead atoms. The highest BCUT2D eigenvalue weighted by atomic mass is 35.5. The van der Waals surface area contributed by atoms with Gasteiger partial charge in [0, 0.05) is 5.02 Å². The minimum absolute atomic E-state index is 0.161. The van der Waals surface area contributed by atoms with Crippen molar-refractivity contribution in [2.45, 2.75) is 10.4 Å². The van der Waals surface area contributed by atoms with Crippen molar-refractivity contribution in [1.29, 1.82) is 0 Å². The van der Waals surface area contributed by atoms with Crippen LogP contribution >= 0.6 is 34.7 Å². The van der Waals surface area contributed by atoms with Gasteiger partial charge in [-0.3, -0.25) is 14.4 Å². The van der Waals surface area contributed by atoms with Crippen LogP contribution < -0.4 is 14.4 Å². The number of carbonyl (C=O) groups is 1. The van der Waals surface area contributed by atoms with Crippen LogP contribution in [-0.2, 0) is 14.8 Å². The van der Waals surface area contributed by atoms with Gasteiger partial charge < -0.3 is 4.74 Å². The summed E-state index contributed by atoms with van der Waals surface area (Å²) in [5, 5.41) is 11.0. The van der Waals surface area contributed by atoms with Gasteiger partial charge in [0.25, 0.3) is 5.91 Å². The fraction of sp³-hybridized carbons (Fsp3) is 0.308. The first-order chi connectivity index (χ1) is 11.8. The smallest absolute Gasteiger partial charge is 0.269 e. The Morgan fingerprint density at radius 1 is 1.48 bits per heavy atom. The maximum Gasteiger partial charge on any atom is 0.269 e. The zero-order valence-corrected chi connectivity index (χ0v) is 16.3. The number of fused-ring (bicyclic) bond motifs is 1. The number of benzene rings is 1. The van der Waals surface area contributed by atoms with E-state index in [1.807, 2.05) is 6.26 Å². The van der Waals surface area contributed by atoms with Gasteiger partial charge in [-0.15, -0.1) is 10.2 Å². The Hall–Kier alpha value is -1.56. The predicted molar refractivity (Wildman–Crippen MR) is 98.4 cm³/mol. The highest BCUT2D eigenvalue weighted by Crippen LogP contribution is 2.37. The lowest BCUT2D eigenvalue weighted by Crippen LogP contribution is -2.48. The van der Waals surface area contributed by atoms with Crippen LogP contribution in [-0.4, -0.2) is 49.7 Å². The molecule has 0 fully saturated rings. The molecule has 1 aromatic heterocycles. The Labute approximate surface area is 157 Å². The number of nitrogens with zero attached hydrogens (tertiary/aromatic N) is 3. The summed E-state index contributed by atoms with van der Waals surface area (Å²) >= 11 is 8.58. The number of nitrogens with one attached hydrogen (secondary N) is 1. The molecule has 0 aliphatic carbocycles. The molecule has 134 valence electrons. The normalized spacial score (nSPS) is 16.9. The van der Waals surface area contributed by atoms with Crippen LogP contribution in [0.15, 0.2) is 22.5 Å². The second-order valence-electron chi connectivity index (χ2n) is 5.08. The lowest BCUT2D eigenvalue weighted by Gasteiger charge is -2.33. The van der Waals surface area contributed by atoms with Crippen LogP contribution in [0.3, 0.4) is 0 Å². The summed E-state index contributed by atoms with van der Waals surface area (Å²) < 4.78 is 31.7. The molecule has 1 atom stereocenters. The zero-order chi connectivity index (χ0) is 18.2. The Kier molecular flexibility index (Phi) is 5.09. The standard InChI is InChI=1S/C13H13ClN4O4S3/c1-23-13-17-16-12(24-13)15-11(19)10-6-18(25(2,20)21)8-5-7(14)3-4-9(8)22-10/h3-5,10H,6H2,1-2H3,(H,15,16,19)/t10-/m1/s1. The van der Waals surface area contributed by atoms with E-state index in [9.17, 15) is 13.2 Å². The molecule has 0 unspecified atom stereocenters. The maximum absolute atomic E-state index is 12.5. The van der Waals surface area contributed by atoms with Crippen LogP contribution in [0.1, 0.15) is 0 Å². The molecular formula is C13H13ClN4O4S3. The third-order valence-corrected chi connectivity index (χ3v) is 6.49. The van der Waals surface area contributed by atoms with Gasteiger partial charge in [0.05, 0.1) is 18.5 Å². The molecule has 1 aliphatic rings. The maximum atomic E-state index is 12.5. The van der Waals surface area contributed by atoms with E-state index in [4.69, 9.17) is 16.3 Å². The van der Waals surface area contributed by atoms with E-state index >= 15 is 0 Å². The van der Waals surface area contributed by atoms with E-state index in [0.717, 1.165) is 10.6 Å². The summed E-state index contributed by atoms with van der Waals surface area (Å²) in [7, 11) is -3.61. The Morgan fingerprint density at radius 3 is 2.88 bits per heavy atom. The van der Waals surface area contributed by atoms with Gasteiger partial charge in [0.15, 0.2) is 10.4 Å². The molecular weight excluding hydrogens is 408 g/mol. The van der Waals surface area contributed by atoms with Gasteiger partial charge in [-0.2, -0.15) is 0 Å². The minimum atomic E-state index is -3.61. The zero-order valence-electron chi connectivity index (χ0n) is 13.1. The molecule has 0 saturated carbocycles. The molecule has 1 aliphatic heterocycles. The number of ether oxygens (including phenoxy) is 1. The highest BCUT2D eigenvalue weighted by Gasteiger charge is 2.35. The van der Waals surface area contributed by atoms with Gasteiger partial charge in [0.1, 0.15) is 5.75 Å². The van der Waals surface area contributed by atoms with Crippen LogP contribution in [0.4, 0.5) is 10.8 Å². The molecule has 8 nitrogen and oxygen atoms in total. The number of anilines is 2. The number of hydrogen-bond acceptors (Lipinski definition) is 8. The van der Waals surface area contributed by atoms with Crippen molar-refractivity contribution in [3.8, 4) is 5.75 Å². The molecule has 12 heteroatoms. The molecule has 1 N–H and O–H groups in total. The average molecular weight is 421 g/mol. The SMILES string of the molecule is CSc1nnc(NC(=O)[C@H]2CN(S(C)(=O)=O)c3cc(Cl)ccc3O2)s1. The van der Waals surface area contributed by atoms with Crippen molar-refractivity contribution in [1.82, 2.24) is 10.2 Å². The van der Waals surface area contributed by atoms with E-state index in [1.54, 1.807) is 6.07 Å².